The van der Waals surface area contributed by atoms with Gasteiger partial charge in [0.15, 0.2) is 6.04 Å². The van der Waals surface area contributed by atoms with E-state index in [0.29, 0.717) is 92.2 Å². The molecule has 2 aromatic carbocycles. The highest BCUT2D eigenvalue weighted by Crippen LogP contribution is 2.68. The van der Waals surface area contributed by atoms with E-state index in [4.69, 9.17) is 18.9 Å². The summed E-state index contributed by atoms with van der Waals surface area (Å²) >= 11 is 2.64. The number of aliphatic carboxylic acids is 1. The Labute approximate surface area is 526 Å². The van der Waals surface area contributed by atoms with Gasteiger partial charge in [0.05, 0.1) is 62.1 Å². The van der Waals surface area contributed by atoms with Crippen LogP contribution in [0.15, 0.2) is 23.2 Å². The first kappa shape index (κ1) is 68.5. The number of aliphatic hydroxyl groups excluding tert-OH is 2. The van der Waals surface area contributed by atoms with E-state index < -0.39 is 23.5 Å². The Morgan fingerprint density at radius 3 is 2.20 bits per heavy atom. The number of amides is 4. The number of aromatic hydroxyl groups is 2. The molecule has 0 saturated heterocycles. The summed E-state index contributed by atoms with van der Waals surface area (Å²) in [5.74, 6) is 1.98. The van der Waals surface area contributed by atoms with Crippen LogP contribution in [0, 0.1) is 53.3 Å². The smallest absolute Gasteiger partial charge is 0.415 e. The van der Waals surface area contributed by atoms with E-state index in [0.717, 1.165) is 44.9 Å². The lowest BCUT2D eigenvalue weighted by molar-refractivity contribution is -0.174. The molecule has 0 radical (unpaired) electrons. The minimum absolute atomic E-state index is 0.00978. The second kappa shape index (κ2) is 30.2. The quantitative estimate of drug-likeness (QED) is 0.0255. The van der Waals surface area contributed by atoms with Crippen LogP contribution in [0.4, 0.5) is 4.79 Å². The number of aromatic nitrogens is 1. The normalized spacial score (nSPS) is 26.1. The summed E-state index contributed by atoms with van der Waals surface area (Å²) in [6.45, 7) is 22.7. The summed E-state index contributed by atoms with van der Waals surface area (Å²) in [6, 6.07) is 4.18. The van der Waals surface area contributed by atoms with Gasteiger partial charge in [0.1, 0.15) is 27.3 Å². The second-order valence-corrected chi connectivity index (χ2v) is 28.6. The van der Waals surface area contributed by atoms with Crippen molar-refractivity contribution >= 4 is 81.3 Å². The van der Waals surface area contributed by atoms with Crippen molar-refractivity contribution in [3.8, 4) is 17.2 Å². The van der Waals surface area contributed by atoms with Crippen LogP contribution < -0.4 is 25.8 Å². The molecule has 3 aromatic rings. The van der Waals surface area contributed by atoms with Crippen LogP contribution in [0.2, 0.25) is 0 Å². The Morgan fingerprint density at radius 2 is 1.50 bits per heavy atom. The number of thiazole rings is 1. The van der Waals surface area contributed by atoms with E-state index >= 15 is 0 Å². The lowest BCUT2D eigenvalue weighted by Gasteiger charge is -2.62. The van der Waals surface area contributed by atoms with Gasteiger partial charge in [-0.2, -0.15) is 0 Å². The predicted octanol–water partition coefficient (Wildman–Crippen LogP) is 7.27. The Hall–Kier alpha value is -5.36. The highest BCUT2D eigenvalue weighted by Gasteiger charge is 2.63. The van der Waals surface area contributed by atoms with Crippen LogP contribution in [0.1, 0.15) is 141 Å². The van der Waals surface area contributed by atoms with Crippen LogP contribution >= 0.6 is 23.1 Å². The number of nitrogens with one attached hydrogen (secondary N) is 2. The van der Waals surface area contributed by atoms with E-state index in [1.807, 2.05) is 0 Å². The number of carbonyl (C=O) groups excluding carboxylic acids is 4. The van der Waals surface area contributed by atoms with E-state index in [-0.39, 0.29) is 141 Å². The molecule has 4 aliphatic carbocycles. The maximum absolute atomic E-state index is 13.8. The molecule has 4 saturated carbocycles. The number of carboxylic acids is 1. The van der Waals surface area contributed by atoms with Crippen LogP contribution in [0.3, 0.4) is 0 Å². The zero-order valence-corrected chi connectivity index (χ0v) is 54.4. The average Bonchev–Trinajstić information content (AvgIpc) is 1.30. The number of rotatable bonds is 30. The number of phenols is 2. The van der Waals surface area contributed by atoms with Gasteiger partial charge in [-0.25, -0.2) is 14.6 Å². The number of unbranched alkanes of at least 4 members (excludes halogenated alkanes) is 1. The van der Waals surface area contributed by atoms with Crippen molar-refractivity contribution in [2.75, 3.05) is 85.2 Å². The highest BCUT2D eigenvalue weighted by atomic mass is 32.2. The van der Waals surface area contributed by atoms with Crippen molar-refractivity contribution in [3.63, 3.8) is 0 Å². The third-order valence-electron chi connectivity index (χ3n) is 20.5. The first-order valence-corrected chi connectivity index (χ1v) is 33.5. The molecule has 7 N–H and O–H groups in total. The highest BCUT2D eigenvalue weighted by molar-refractivity contribution is 8.15. The fourth-order valence-electron chi connectivity index (χ4n) is 15.4. The molecule has 1 aromatic heterocycles. The number of nitrogens with zero attached hydrogens (tertiary/aromatic N) is 4. The minimum Gasteiger partial charge on any atom is -0.507 e. The Bertz CT molecular complexity index is 3110. The number of carbonyl (C=O) groups is 5. The third-order valence-corrected chi connectivity index (χ3v) is 22.7. The maximum atomic E-state index is 13.8. The van der Waals surface area contributed by atoms with Gasteiger partial charge in [0.25, 0.3) is 0 Å². The fraction of sp³-hybridized carbons (Fsp3) is 0.682. The van der Waals surface area contributed by atoms with Crippen molar-refractivity contribution in [2.45, 2.75) is 155 Å². The molecule has 5 aliphatic rings. The van der Waals surface area contributed by atoms with Crippen LogP contribution in [-0.2, 0) is 38.8 Å². The first-order chi connectivity index (χ1) is 41.8. The summed E-state index contributed by atoms with van der Waals surface area (Å²) in [6.07, 6.45) is 10.8. The van der Waals surface area contributed by atoms with Crippen LogP contribution in [0.5, 0.6) is 17.2 Å². The molecule has 88 heavy (non-hydrogen) atoms. The number of hydrogen-bond acceptors (Lipinski definition) is 17. The first-order valence-electron chi connectivity index (χ1n) is 31.7. The van der Waals surface area contributed by atoms with Gasteiger partial charge in [-0.3, -0.25) is 19.4 Å². The van der Waals surface area contributed by atoms with Crippen molar-refractivity contribution < 1.29 is 68.5 Å². The second-order valence-electron chi connectivity index (χ2n) is 26.6. The zero-order valence-electron chi connectivity index (χ0n) is 52.7. The molecule has 4 fully saturated rings. The monoisotopic (exact) mass is 1260 g/mol. The SMILES string of the molecule is C=c1c(C)c(O)c(=C)c(C(C)(C)CC(=O)N(C)CCN(CCOCCOCCOCCC(=O)NCCNC(=O)CCCC[C@H](C)[C@@H]2CC[C@@H]3[C@@H]4[C@@H](CC[C@]32C)[C@]2(C)CC[C@H](O)C[C@@H]2C[C@@H]4O)C(=O)Oc2ccc3nc(C4=NC(C(=O)O)CS4)sc3c2)c1O. The number of aliphatic hydroxyl groups is 2. The molecule has 22 heteroatoms. The molecular formula is C66H96N6O14S2. The molecule has 0 spiro atoms. The van der Waals surface area contributed by atoms with E-state index in [9.17, 15) is 49.5 Å². The Balaban J connectivity index is 0.689. The molecule has 2 heterocycles. The maximum Gasteiger partial charge on any atom is 0.415 e. The number of hydrogen-bond donors (Lipinski definition) is 7. The number of fused-ring (bicyclic) bond motifs is 6. The average molecular weight is 1260 g/mol. The summed E-state index contributed by atoms with van der Waals surface area (Å²) in [7, 11) is 1.62. The topological polar surface area (TPSA) is 279 Å². The molecule has 4 amide bonds. The fourth-order valence-corrected chi connectivity index (χ4v) is 17.5. The van der Waals surface area contributed by atoms with Gasteiger partial charge in [0, 0.05) is 97.8 Å². The van der Waals surface area contributed by atoms with Gasteiger partial charge >= 0.3 is 12.1 Å². The standard InChI is InChI=1S/C66H96N6O14S2/c1-39(46-15-16-47-56-48(19-22-66(46,47)8)65(7)21-18-44(73)34-43(65)35-51(56)74)12-10-11-13-53(75)67-23-24-68-54(76)20-28-83-30-32-85-33-31-84-29-27-72(26-25-71(9)55(77)37-64(5,6)57-42(4)58(78)40(2)41(3)59(57)79)63(82)86-45-14-17-49-52(36-45)88-61(69-49)60-70-50(38-87-60)62(80)81/h14,17,36,39,43-44,46-48,50-51,56,73-74,78-79H,3-4,10-13,15-16,18-35,37-38H2,1-2,5-9H3,(H,67,75)(H,68,76)(H,80,81)/t39-,43+,44-,46-,47+,48+,50?,51-,56+,65+,66-/m0/s1. The van der Waals surface area contributed by atoms with Crippen LogP contribution in [-0.4, -0.2) is 179 Å². The molecule has 20 nitrogen and oxygen atoms in total. The van der Waals surface area contributed by atoms with Crippen molar-refractivity contribution in [1.29, 1.82) is 0 Å². The van der Waals surface area contributed by atoms with E-state index in [2.05, 4.69) is 54.5 Å². The van der Waals surface area contributed by atoms with Crippen molar-refractivity contribution in [3.05, 3.63) is 44.8 Å². The molecule has 11 atom stereocenters. The number of thioether (sulfide) groups is 1. The predicted molar refractivity (Wildman–Crippen MR) is 341 cm³/mol. The number of benzene rings is 2. The Morgan fingerprint density at radius 1 is 0.830 bits per heavy atom. The Kier molecular flexibility index (Phi) is 23.5. The van der Waals surface area contributed by atoms with Crippen molar-refractivity contribution in [1.82, 2.24) is 25.4 Å². The summed E-state index contributed by atoms with van der Waals surface area (Å²) in [5, 5.41) is 60.6. The molecule has 1 aliphatic heterocycles. The van der Waals surface area contributed by atoms with Gasteiger partial charge < -0.3 is 64.9 Å². The number of aliphatic imine (C=N–C) groups is 1. The number of ether oxygens (including phenoxy) is 4. The van der Waals surface area contributed by atoms with Gasteiger partial charge in [0.2, 0.25) is 17.7 Å². The molecule has 486 valence electrons. The number of phenolic OH excluding ortho intramolecular Hbond substituents is 2. The molecule has 1 unspecified atom stereocenters. The largest absolute Gasteiger partial charge is 0.507 e. The lowest BCUT2D eigenvalue weighted by atomic mass is 9.43. The minimum atomic E-state index is -0.997. The van der Waals surface area contributed by atoms with Gasteiger partial charge in [-0.15, -0.1) is 23.1 Å². The number of carboxylic acid groups (broad SMARTS) is 1. The third kappa shape index (κ3) is 16.2. The van der Waals surface area contributed by atoms with E-state index in [1.54, 1.807) is 46.0 Å². The summed E-state index contributed by atoms with van der Waals surface area (Å²) in [4.78, 5) is 76.0. The molecular weight excluding hydrogens is 1160 g/mol. The van der Waals surface area contributed by atoms with Gasteiger partial charge in [-0.1, -0.05) is 60.6 Å². The summed E-state index contributed by atoms with van der Waals surface area (Å²) in [5.41, 5.74) is 0.890. The summed E-state index contributed by atoms with van der Waals surface area (Å²) < 4.78 is 23.7. The zero-order chi connectivity index (χ0) is 63.7. The van der Waals surface area contributed by atoms with E-state index in [1.165, 1.54) is 58.6 Å². The van der Waals surface area contributed by atoms with Gasteiger partial charge in [-0.05, 0) is 123 Å². The van der Waals surface area contributed by atoms with Crippen molar-refractivity contribution in [2.24, 2.45) is 51.3 Å². The molecule has 8 rings (SSSR count). The molecule has 0 bridgehead atoms. The van der Waals surface area contributed by atoms with Crippen LogP contribution in [0.25, 0.3) is 23.4 Å². The lowest BCUT2D eigenvalue weighted by Crippen LogP contribution is -2.58. The number of likely N-dealkylation sites (N-methyl/N-ethyl adjacent to an activating group) is 1.